The minimum absolute atomic E-state index is 0.119. The van der Waals surface area contributed by atoms with Crippen LogP contribution in [0.2, 0.25) is 0 Å². The first kappa shape index (κ1) is 19.9. The number of fused-ring (bicyclic) bond motifs is 1. The molecule has 0 aliphatic carbocycles. The average Bonchev–Trinajstić information content (AvgIpc) is 3.10. The Hall–Kier alpha value is -3.40. The number of aromatic nitrogens is 2. The summed E-state index contributed by atoms with van der Waals surface area (Å²) in [5.74, 6) is 0.257. The van der Waals surface area contributed by atoms with Gasteiger partial charge in [-0.2, -0.15) is 0 Å². The van der Waals surface area contributed by atoms with E-state index in [9.17, 15) is 9.59 Å². The van der Waals surface area contributed by atoms with Crippen molar-refractivity contribution >= 4 is 56.0 Å². The minimum Gasteiger partial charge on any atom is -0.492 e. The van der Waals surface area contributed by atoms with Crippen LogP contribution in [0, 0.1) is 0 Å². The molecule has 1 aliphatic rings. The topological polar surface area (TPSA) is 120 Å². The monoisotopic (exact) mass is 471 g/mol. The summed E-state index contributed by atoms with van der Waals surface area (Å²) in [6, 6.07) is 10.1. The second kappa shape index (κ2) is 8.15. The van der Waals surface area contributed by atoms with Crippen molar-refractivity contribution in [1.82, 2.24) is 9.97 Å². The summed E-state index contributed by atoms with van der Waals surface area (Å²) in [6.07, 6.45) is 0.770. The number of carbonyl (C=O) groups excluding carboxylic acids is 2. The van der Waals surface area contributed by atoms with E-state index in [-0.39, 0.29) is 6.61 Å². The van der Waals surface area contributed by atoms with E-state index in [1.54, 1.807) is 12.1 Å². The molecule has 0 saturated carbocycles. The summed E-state index contributed by atoms with van der Waals surface area (Å²) in [5.41, 5.74) is 7.26. The van der Waals surface area contributed by atoms with Crippen molar-refractivity contribution < 1.29 is 19.1 Å². The number of anilines is 3. The van der Waals surface area contributed by atoms with Crippen LogP contribution in [0.4, 0.5) is 22.0 Å². The third kappa shape index (κ3) is 3.73. The summed E-state index contributed by atoms with van der Waals surface area (Å²) in [4.78, 5) is 34.1. The van der Waals surface area contributed by atoms with E-state index < -0.39 is 18.0 Å². The van der Waals surface area contributed by atoms with Crippen LogP contribution in [0.3, 0.4) is 0 Å². The second-order valence-corrected chi connectivity index (χ2v) is 7.41. The highest BCUT2D eigenvalue weighted by atomic mass is 79.9. The Kier molecular flexibility index (Phi) is 5.40. The van der Waals surface area contributed by atoms with Gasteiger partial charge in [0.2, 0.25) is 5.91 Å². The van der Waals surface area contributed by atoms with Crippen LogP contribution in [0.1, 0.15) is 6.92 Å². The highest BCUT2D eigenvalue weighted by Gasteiger charge is 2.39. The van der Waals surface area contributed by atoms with Crippen molar-refractivity contribution in [2.24, 2.45) is 5.73 Å². The number of hydrogen-bond donors (Lipinski definition) is 2. The van der Waals surface area contributed by atoms with E-state index >= 15 is 0 Å². The average molecular weight is 472 g/mol. The van der Waals surface area contributed by atoms with Crippen LogP contribution < -0.4 is 20.7 Å². The number of benzene rings is 2. The van der Waals surface area contributed by atoms with Gasteiger partial charge in [0, 0.05) is 21.6 Å². The molecule has 1 fully saturated rings. The molecule has 0 radical (unpaired) electrons. The van der Waals surface area contributed by atoms with Crippen LogP contribution in [0.25, 0.3) is 10.9 Å². The molecule has 0 bridgehead atoms. The lowest BCUT2D eigenvalue weighted by Gasteiger charge is -2.22. The molecule has 1 saturated heterocycles. The van der Waals surface area contributed by atoms with E-state index in [2.05, 4.69) is 31.2 Å². The molecule has 154 valence electrons. The summed E-state index contributed by atoms with van der Waals surface area (Å²) >= 11 is 3.44. The standard InChI is InChI=1S/C20H18BrN5O4/c1-2-29-17-8-14-13(7-15(17)26-16(18(22)27)9-30-20(26)28)19(24-10-23-14)25-12-5-3-4-11(21)6-12/h3-8,10,16H,2,9H2,1H3,(H2,22,27)(H,23,24,25)/t16-/m0/s1. The molecule has 1 aliphatic heterocycles. The number of nitrogens with zero attached hydrogens (tertiary/aromatic N) is 3. The van der Waals surface area contributed by atoms with E-state index in [1.165, 1.54) is 11.2 Å². The number of amides is 2. The Balaban J connectivity index is 1.86. The maximum Gasteiger partial charge on any atom is 0.415 e. The Morgan fingerprint density at radius 3 is 2.93 bits per heavy atom. The fourth-order valence-corrected chi connectivity index (χ4v) is 3.63. The number of cyclic esters (lactones) is 1. The first-order valence-electron chi connectivity index (χ1n) is 9.17. The number of carbonyl (C=O) groups is 2. The summed E-state index contributed by atoms with van der Waals surface area (Å²) in [5, 5.41) is 3.89. The molecular formula is C20H18BrN5O4. The van der Waals surface area contributed by atoms with Crippen molar-refractivity contribution in [3.05, 3.63) is 47.2 Å². The Morgan fingerprint density at radius 2 is 2.20 bits per heavy atom. The number of primary amides is 1. The molecule has 1 aromatic heterocycles. The SMILES string of the molecule is CCOc1cc2ncnc(Nc3cccc(Br)c3)c2cc1N1C(=O)OC[C@H]1C(N)=O. The predicted molar refractivity (Wildman–Crippen MR) is 115 cm³/mol. The van der Waals surface area contributed by atoms with Gasteiger partial charge < -0.3 is 20.5 Å². The lowest BCUT2D eigenvalue weighted by atomic mass is 10.1. The van der Waals surface area contributed by atoms with Gasteiger partial charge in [0.05, 0.1) is 17.8 Å². The van der Waals surface area contributed by atoms with Crippen LogP contribution in [0.5, 0.6) is 5.75 Å². The summed E-state index contributed by atoms with van der Waals surface area (Å²) in [6.45, 7) is 2.06. The van der Waals surface area contributed by atoms with Crippen molar-refractivity contribution in [3.8, 4) is 5.75 Å². The fraction of sp³-hybridized carbons (Fsp3) is 0.200. The zero-order valence-corrected chi connectivity index (χ0v) is 17.5. The lowest BCUT2D eigenvalue weighted by molar-refractivity contribution is -0.119. The predicted octanol–water partition coefficient (Wildman–Crippen LogP) is 3.35. The number of halogens is 1. The fourth-order valence-electron chi connectivity index (χ4n) is 3.23. The number of nitrogens with one attached hydrogen (secondary N) is 1. The smallest absolute Gasteiger partial charge is 0.415 e. The zero-order chi connectivity index (χ0) is 21.3. The van der Waals surface area contributed by atoms with Crippen molar-refractivity contribution in [3.63, 3.8) is 0 Å². The van der Waals surface area contributed by atoms with E-state index in [0.29, 0.717) is 34.8 Å². The molecule has 9 nitrogen and oxygen atoms in total. The Labute approximate surface area is 180 Å². The highest BCUT2D eigenvalue weighted by Crippen LogP contribution is 2.38. The third-order valence-electron chi connectivity index (χ3n) is 4.56. The first-order chi connectivity index (χ1) is 14.5. The normalized spacial score (nSPS) is 15.9. The largest absolute Gasteiger partial charge is 0.492 e. The van der Waals surface area contributed by atoms with Gasteiger partial charge in [0.15, 0.2) is 6.04 Å². The molecule has 2 amide bonds. The molecule has 3 N–H and O–H groups in total. The maximum atomic E-state index is 12.4. The molecule has 3 aromatic rings. The molecule has 30 heavy (non-hydrogen) atoms. The Morgan fingerprint density at radius 1 is 1.37 bits per heavy atom. The molecule has 2 heterocycles. The highest BCUT2D eigenvalue weighted by molar-refractivity contribution is 9.10. The molecule has 4 rings (SSSR count). The van der Waals surface area contributed by atoms with Crippen molar-refractivity contribution in [2.75, 3.05) is 23.4 Å². The first-order valence-corrected chi connectivity index (χ1v) is 9.96. The van der Waals surface area contributed by atoms with Gasteiger partial charge >= 0.3 is 6.09 Å². The quantitative estimate of drug-likeness (QED) is 0.565. The third-order valence-corrected chi connectivity index (χ3v) is 5.06. The molecule has 1 atom stereocenters. The minimum atomic E-state index is -0.930. The van der Waals surface area contributed by atoms with Gasteiger partial charge in [0.25, 0.3) is 0 Å². The van der Waals surface area contributed by atoms with Crippen LogP contribution >= 0.6 is 15.9 Å². The molecule has 2 aromatic carbocycles. The van der Waals surface area contributed by atoms with Gasteiger partial charge in [-0.1, -0.05) is 22.0 Å². The van der Waals surface area contributed by atoms with E-state index in [1.807, 2.05) is 31.2 Å². The molecular weight excluding hydrogens is 454 g/mol. The van der Waals surface area contributed by atoms with E-state index in [4.69, 9.17) is 15.2 Å². The van der Waals surface area contributed by atoms with Crippen LogP contribution in [-0.4, -0.2) is 41.2 Å². The number of nitrogens with two attached hydrogens (primary N) is 1. The number of ether oxygens (including phenoxy) is 2. The van der Waals surface area contributed by atoms with Crippen molar-refractivity contribution in [1.29, 1.82) is 0 Å². The van der Waals surface area contributed by atoms with Crippen LogP contribution in [0.15, 0.2) is 47.2 Å². The summed E-state index contributed by atoms with van der Waals surface area (Å²) in [7, 11) is 0. The number of hydrogen-bond acceptors (Lipinski definition) is 7. The van der Waals surface area contributed by atoms with Gasteiger partial charge in [-0.3, -0.25) is 9.69 Å². The molecule has 0 unspecified atom stereocenters. The van der Waals surface area contributed by atoms with Gasteiger partial charge in [-0.05, 0) is 31.2 Å². The second-order valence-electron chi connectivity index (χ2n) is 6.49. The van der Waals surface area contributed by atoms with Crippen molar-refractivity contribution in [2.45, 2.75) is 13.0 Å². The lowest BCUT2D eigenvalue weighted by Crippen LogP contribution is -2.43. The van der Waals surface area contributed by atoms with Gasteiger partial charge in [-0.15, -0.1) is 0 Å². The molecule has 10 heteroatoms. The Bertz CT molecular complexity index is 1140. The van der Waals surface area contributed by atoms with Crippen LogP contribution in [-0.2, 0) is 9.53 Å². The van der Waals surface area contributed by atoms with E-state index in [0.717, 1.165) is 10.2 Å². The maximum absolute atomic E-state index is 12.4. The number of rotatable bonds is 6. The van der Waals surface area contributed by atoms with Gasteiger partial charge in [0.1, 0.15) is 24.5 Å². The zero-order valence-electron chi connectivity index (χ0n) is 16.0. The van der Waals surface area contributed by atoms with Gasteiger partial charge in [-0.25, -0.2) is 14.8 Å². The molecule has 0 spiro atoms. The summed E-state index contributed by atoms with van der Waals surface area (Å²) < 4.78 is 11.7.